The largest absolute Gasteiger partial charge is 0.445 e. The van der Waals surface area contributed by atoms with E-state index in [1.54, 1.807) is 36.4 Å². The maximum Gasteiger partial charge on any atom is 0.408 e. The lowest BCUT2D eigenvalue weighted by atomic mass is 10.1. The van der Waals surface area contributed by atoms with Crippen LogP contribution < -0.4 is 16.4 Å². The number of alkyl carbamates (subject to hydrolysis) is 1. The molecule has 2 rings (SSSR count). The van der Waals surface area contributed by atoms with Crippen LogP contribution in [0.15, 0.2) is 59.5 Å². The summed E-state index contributed by atoms with van der Waals surface area (Å²) in [5, 5.41) is 4.92. The minimum absolute atomic E-state index is 0.00314. The number of aryl methyl sites for hydroxylation is 1. The predicted molar refractivity (Wildman–Crippen MR) is 132 cm³/mol. The number of ether oxygens (including phenoxy) is 1. The van der Waals surface area contributed by atoms with Gasteiger partial charge in [0.1, 0.15) is 18.4 Å². The molecule has 0 bridgehead atoms. The summed E-state index contributed by atoms with van der Waals surface area (Å²) >= 11 is 0. The smallest absolute Gasteiger partial charge is 0.408 e. The first-order chi connectivity index (χ1) is 17.1. The van der Waals surface area contributed by atoms with E-state index in [0.29, 0.717) is 0 Å². The normalized spacial score (nSPS) is 11.8. The Morgan fingerprint density at radius 2 is 1.61 bits per heavy atom. The summed E-state index contributed by atoms with van der Waals surface area (Å²) in [6, 6.07) is 14.2. The average Bonchev–Trinajstić information content (AvgIpc) is 2.84. The van der Waals surface area contributed by atoms with Crippen LogP contribution in [0.4, 0.5) is 4.79 Å². The van der Waals surface area contributed by atoms with E-state index < -0.39 is 33.8 Å². The zero-order valence-corrected chi connectivity index (χ0v) is 20.9. The van der Waals surface area contributed by atoms with Crippen LogP contribution in [0, 0.1) is 6.92 Å². The van der Waals surface area contributed by atoms with Gasteiger partial charge in [0.15, 0.2) is 9.84 Å². The van der Waals surface area contributed by atoms with Crippen molar-refractivity contribution >= 4 is 33.5 Å². The Bertz CT molecular complexity index is 1150. The predicted octanol–water partition coefficient (Wildman–Crippen LogP) is 1.79. The van der Waals surface area contributed by atoms with Gasteiger partial charge in [-0.1, -0.05) is 48.0 Å². The number of hydrogen-bond donors (Lipinski definition) is 3. The quantitative estimate of drug-likeness (QED) is 0.344. The number of hydrogen-bond acceptors (Lipinski definition) is 7. The van der Waals surface area contributed by atoms with Crippen molar-refractivity contribution in [1.82, 2.24) is 10.6 Å². The van der Waals surface area contributed by atoms with Crippen molar-refractivity contribution in [1.29, 1.82) is 0 Å². The maximum absolute atomic E-state index is 12.5. The number of rotatable bonds is 14. The molecular formula is C25H31N3O7S. The van der Waals surface area contributed by atoms with Gasteiger partial charge in [0, 0.05) is 25.8 Å². The number of ketones is 1. The summed E-state index contributed by atoms with van der Waals surface area (Å²) in [6.07, 6.45) is -1.32. The number of primary amides is 1. The summed E-state index contributed by atoms with van der Waals surface area (Å²) in [5.74, 6) is -1.93. The summed E-state index contributed by atoms with van der Waals surface area (Å²) in [5.41, 5.74) is 6.84. The molecule has 11 heteroatoms. The van der Waals surface area contributed by atoms with E-state index in [0.717, 1.165) is 11.1 Å². The van der Waals surface area contributed by atoms with E-state index in [2.05, 4.69) is 10.6 Å². The molecule has 0 saturated heterocycles. The second kappa shape index (κ2) is 14.0. The van der Waals surface area contributed by atoms with Crippen molar-refractivity contribution in [2.75, 3.05) is 12.3 Å². The van der Waals surface area contributed by atoms with E-state index in [9.17, 15) is 27.6 Å². The summed E-state index contributed by atoms with van der Waals surface area (Å²) in [6.45, 7) is 1.78. The van der Waals surface area contributed by atoms with Crippen LogP contribution in [0.5, 0.6) is 0 Å². The van der Waals surface area contributed by atoms with Crippen LogP contribution in [0.1, 0.15) is 36.8 Å². The topological polar surface area (TPSA) is 162 Å². The van der Waals surface area contributed by atoms with Gasteiger partial charge in [-0.15, -0.1) is 0 Å². The van der Waals surface area contributed by atoms with Gasteiger partial charge in [0.25, 0.3) is 0 Å². The van der Waals surface area contributed by atoms with Crippen molar-refractivity contribution in [3.8, 4) is 0 Å². The van der Waals surface area contributed by atoms with Crippen LogP contribution in [0.2, 0.25) is 0 Å². The fourth-order valence-corrected chi connectivity index (χ4v) is 4.43. The number of Topliss-reactive ketones (excluding diaryl/α,β-unsaturated/α-hetero) is 1. The van der Waals surface area contributed by atoms with E-state index >= 15 is 0 Å². The standard InChI is InChI=1S/C25H31N3O7S/c1-18-7-9-21(10-8-18)36(33,34)16-14-20(29)13-15-27-24(31)22(11-12-23(26)30)28-25(32)35-17-19-5-3-2-4-6-19/h2-10,22H,11-17H2,1H3,(H2,26,30)(H,27,31)(H,28,32)/t22-/m0/s1. The number of carbonyl (C=O) groups excluding carboxylic acids is 4. The van der Waals surface area contributed by atoms with Crippen LogP contribution >= 0.6 is 0 Å². The molecule has 0 unspecified atom stereocenters. The Balaban J connectivity index is 1.80. The minimum atomic E-state index is -3.59. The van der Waals surface area contributed by atoms with E-state index in [-0.39, 0.29) is 55.3 Å². The lowest BCUT2D eigenvalue weighted by Gasteiger charge is -2.18. The van der Waals surface area contributed by atoms with Crippen molar-refractivity contribution in [3.63, 3.8) is 0 Å². The molecule has 36 heavy (non-hydrogen) atoms. The van der Waals surface area contributed by atoms with Gasteiger partial charge in [-0.2, -0.15) is 0 Å². The van der Waals surface area contributed by atoms with Gasteiger partial charge in [-0.3, -0.25) is 14.4 Å². The summed E-state index contributed by atoms with van der Waals surface area (Å²) < 4.78 is 29.9. The Morgan fingerprint density at radius 3 is 2.25 bits per heavy atom. The third-order valence-electron chi connectivity index (χ3n) is 5.23. The molecule has 10 nitrogen and oxygen atoms in total. The number of carbonyl (C=O) groups is 4. The van der Waals surface area contributed by atoms with Crippen molar-refractivity contribution < 1.29 is 32.3 Å². The van der Waals surface area contributed by atoms with Crippen molar-refractivity contribution in [3.05, 3.63) is 65.7 Å². The van der Waals surface area contributed by atoms with Gasteiger partial charge < -0.3 is 21.1 Å². The molecule has 3 amide bonds. The third-order valence-corrected chi connectivity index (χ3v) is 6.97. The van der Waals surface area contributed by atoms with E-state index in [1.165, 1.54) is 12.1 Å². The second-order valence-electron chi connectivity index (χ2n) is 8.23. The fraction of sp³-hybridized carbons (Fsp3) is 0.360. The zero-order valence-electron chi connectivity index (χ0n) is 20.1. The van der Waals surface area contributed by atoms with Gasteiger partial charge >= 0.3 is 6.09 Å². The number of nitrogens with one attached hydrogen (secondary N) is 2. The van der Waals surface area contributed by atoms with Gasteiger partial charge in [-0.05, 0) is 31.0 Å². The molecule has 0 aliphatic heterocycles. The minimum Gasteiger partial charge on any atom is -0.445 e. The van der Waals surface area contributed by atoms with Crippen molar-refractivity contribution in [2.45, 2.75) is 50.2 Å². The highest BCUT2D eigenvalue weighted by Gasteiger charge is 2.22. The van der Waals surface area contributed by atoms with Crippen LogP contribution in [0.3, 0.4) is 0 Å². The zero-order chi connectivity index (χ0) is 26.6. The maximum atomic E-state index is 12.5. The number of nitrogens with two attached hydrogens (primary N) is 1. The molecular weight excluding hydrogens is 486 g/mol. The molecule has 0 heterocycles. The molecule has 2 aromatic carbocycles. The van der Waals surface area contributed by atoms with Crippen LogP contribution in [-0.2, 0) is 35.6 Å². The molecule has 1 atom stereocenters. The first kappa shape index (κ1) is 28.5. The first-order valence-corrected chi connectivity index (χ1v) is 13.1. The van der Waals surface area contributed by atoms with Gasteiger partial charge in [0.2, 0.25) is 11.8 Å². The second-order valence-corrected chi connectivity index (χ2v) is 10.3. The first-order valence-electron chi connectivity index (χ1n) is 11.4. The molecule has 0 aliphatic rings. The monoisotopic (exact) mass is 517 g/mol. The Hall–Kier alpha value is -3.73. The molecule has 0 radical (unpaired) electrons. The molecule has 0 aliphatic carbocycles. The van der Waals surface area contributed by atoms with Crippen LogP contribution in [0.25, 0.3) is 0 Å². The highest BCUT2D eigenvalue weighted by atomic mass is 32.2. The summed E-state index contributed by atoms with van der Waals surface area (Å²) in [7, 11) is -3.59. The van der Waals surface area contributed by atoms with Gasteiger partial charge in [0.05, 0.1) is 10.6 Å². The summed E-state index contributed by atoms with van der Waals surface area (Å²) in [4.78, 5) is 48.1. The van der Waals surface area contributed by atoms with E-state index in [4.69, 9.17) is 10.5 Å². The number of sulfone groups is 1. The highest BCUT2D eigenvalue weighted by molar-refractivity contribution is 7.91. The molecule has 0 saturated carbocycles. The SMILES string of the molecule is Cc1ccc(S(=O)(=O)CCC(=O)CCNC(=O)[C@H](CCC(N)=O)NC(=O)OCc2ccccc2)cc1. The molecule has 0 spiro atoms. The van der Waals surface area contributed by atoms with Crippen LogP contribution in [-0.4, -0.2) is 50.4 Å². The third kappa shape index (κ3) is 10.3. The molecule has 0 aromatic heterocycles. The molecule has 0 fully saturated rings. The molecule has 4 N–H and O–H groups in total. The lowest BCUT2D eigenvalue weighted by molar-refractivity contribution is -0.123. The van der Waals surface area contributed by atoms with Gasteiger partial charge in [-0.25, -0.2) is 13.2 Å². The number of amides is 3. The number of benzene rings is 2. The Labute approximate surface area is 210 Å². The molecule has 2 aromatic rings. The van der Waals surface area contributed by atoms with E-state index in [1.807, 2.05) is 13.0 Å². The molecule has 194 valence electrons. The lowest BCUT2D eigenvalue weighted by Crippen LogP contribution is -2.47. The fourth-order valence-electron chi connectivity index (χ4n) is 3.15. The Morgan fingerprint density at radius 1 is 0.944 bits per heavy atom. The highest BCUT2D eigenvalue weighted by Crippen LogP contribution is 2.13. The Kier molecular flexibility index (Phi) is 11.1. The average molecular weight is 518 g/mol. The van der Waals surface area contributed by atoms with Crippen molar-refractivity contribution in [2.24, 2.45) is 5.73 Å².